The van der Waals surface area contributed by atoms with Gasteiger partial charge in [-0.25, -0.2) is 0 Å². The van der Waals surface area contributed by atoms with Crippen molar-refractivity contribution in [2.24, 2.45) is 17.3 Å². The quantitative estimate of drug-likeness (QED) is 0.515. The number of halogens is 3. The molecule has 3 saturated carbocycles. The van der Waals surface area contributed by atoms with Crippen molar-refractivity contribution >= 4 is 17.5 Å². The van der Waals surface area contributed by atoms with Crippen molar-refractivity contribution in [3.05, 3.63) is 52.5 Å². The van der Waals surface area contributed by atoms with Gasteiger partial charge in [-0.15, -0.1) is 10.2 Å². The van der Waals surface area contributed by atoms with Gasteiger partial charge in [0.25, 0.3) is 5.78 Å². The largest absolute Gasteiger partial charge is 0.416 e. The molecular formula is C26H29F3N6O. The van der Waals surface area contributed by atoms with E-state index < -0.39 is 17.8 Å². The Labute approximate surface area is 207 Å². The molecule has 3 heterocycles. The summed E-state index contributed by atoms with van der Waals surface area (Å²) >= 11 is 0. The van der Waals surface area contributed by atoms with Crippen LogP contribution in [0.2, 0.25) is 0 Å². The first-order valence-corrected chi connectivity index (χ1v) is 12.5. The molecule has 36 heavy (non-hydrogen) atoms. The van der Waals surface area contributed by atoms with Crippen LogP contribution in [0.15, 0.2) is 24.3 Å². The first kappa shape index (κ1) is 23.2. The van der Waals surface area contributed by atoms with Crippen LogP contribution in [0.3, 0.4) is 0 Å². The summed E-state index contributed by atoms with van der Waals surface area (Å²) in [5, 5.41) is 11.9. The highest BCUT2D eigenvalue weighted by atomic mass is 19.4. The number of hydrogen-bond donors (Lipinski definition) is 1. The maximum absolute atomic E-state index is 13.6. The Morgan fingerprint density at radius 1 is 1.17 bits per heavy atom. The van der Waals surface area contributed by atoms with Gasteiger partial charge < -0.3 is 10.2 Å². The number of alkyl halides is 3. The molecule has 7 rings (SSSR count). The van der Waals surface area contributed by atoms with Crippen LogP contribution in [0.25, 0.3) is 5.78 Å². The minimum absolute atomic E-state index is 0.108. The highest BCUT2D eigenvalue weighted by Gasteiger charge is 2.68. The van der Waals surface area contributed by atoms with E-state index in [4.69, 9.17) is 4.98 Å². The van der Waals surface area contributed by atoms with Gasteiger partial charge in [0.15, 0.2) is 0 Å². The number of nitrogens with one attached hydrogen (secondary N) is 1. The lowest BCUT2D eigenvalue weighted by Crippen LogP contribution is -2.66. The molecule has 2 atom stereocenters. The highest BCUT2D eigenvalue weighted by molar-refractivity contribution is 5.87. The molecule has 3 aliphatic carbocycles. The molecule has 1 aromatic carbocycles. The molecule has 3 aromatic rings. The fourth-order valence-electron chi connectivity index (χ4n) is 6.14. The highest BCUT2D eigenvalue weighted by Crippen LogP contribution is 2.69. The van der Waals surface area contributed by atoms with E-state index in [1.165, 1.54) is 6.07 Å². The molecule has 1 N–H and O–H groups in total. The van der Waals surface area contributed by atoms with Crippen LogP contribution < -0.4 is 5.32 Å². The summed E-state index contributed by atoms with van der Waals surface area (Å²) in [6.45, 7) is 8.88. The predicted molar refractivity (Wildman–Crippen MR) is 127 cm³/mol. The molecule has 1 aliphatic heterocycles. The molecule has 0 saturated heterocycles. The molecule has 3 fully saturated rings. The minimum Gasteiger partial charge on any atom is -0.363 e. The van der Waals surface area contributed by atoms with Crippen LogP contribution in [0.4, 0.5) is 19.0 Å². The van der Waals surface area contributed by atoms with Gasteiger partial charge in [-0.05, 0) is 49.3 Å². The predicted octanol–water partition coefficient (Wildman–Crippen LogP) is 5.33. The number of carbonyl (C=O) groups excluding carboxylic acids is 1. The van der Waals surface area contributed by atoms with Crippen LogP contribution in [0, 0.1) is 17.3 Å². The maximum Gasteiger partial charge on any atom is 0.416 e. The summed E-state index contributed by atoms with van der Waals surface area (Å²) < 4.78 is 41.8. The fraction of sp³-hybridized carbons (Fsp3) is 0.538. The van der Waals surface area contributed by atoms with Crippen molar-refractivity contribution < 1.29 is 18.0 Å². The van der Waals surface area contributed by atoms with E-state index in [-0.39, 0.29) is 17.2 Å². The normalized spacial score (nSPS) is 25.5. The number of rotatable bonds is 5. The van der Waals surface area contributed by atoms with E-state index in [1.807, 2.05) is 23.1 Å². The number of amides is 1. The van der Waals surface area contributed by atoms with Gasteiger partial charge >= 0.3 is 6.18 Å². The number of benzene rings is 1. The Morgan fingerprint density at radius 2 is 1.92 bits per heavy atom. The van der Waals surface area contributed by atoms with Crippen LogP contribution in [-0.2, 0) is 24.1 Å². The average molecular weight is 499 g/mol. The third-order valence-electron chi connectivity index (χ3n) is 8.60. The molecule has 2 bridgehead atoms. The van der Waals surface area contributed by atoms with Crippen LogP contribution in [0.5, 0.6) is 0 Å². The molecule has 2 aromatic heterocycles. The van der Waals surface area contributed by atoms with Crippen LogP contribution in [0.1, 0.15) is 80.7 Å². The smallest absolute Gasteiger partial charge is 0.363 e. The number of fused-ring (bicyclic) bond motifs is 3. The summed E-state index contributed by atoms with van der Waals surface area (Å²) in [6, 6.07) is 4.86. The van der Waals surface area contributed by atoms with E-state index >= 15 is 0 Å². The van der Waals surface area contributed by atoms with E-state index in [9.17, 15) is 18.0 Å². The second kappa shape index (κ2) is 7.66. The van der Waals surface area contributed by atoms with E-state index in [2.05, 4.69) is 22.4 Å². The van der Waals surface area contributed by atoms with Crippen molar-refractivity contribution in [2.45, 2.75) is 71.8 Å². The first-order valence-electron chi connectivity index (χ1n) is 12.5. The first-order chi connectivity index (χ1) is 17.0. The molecule has 1 amide bonds. The summed E-state index contributed by atoms with van der Waals surface area (Å²) in [7, 11) is 0. The summed E-state index contributed by atoms with van der Waals surface area (Å²) in [5.41, 5.74) is 1.37. The Bertz CT molecular complexity index is 1370. The molecule has 0 radical (unpaired) electrons. The second-order valence-electron chi connectivity index (χ2n) is 11.0. The zero-order valence-electron chi connectivity index (χ0n) is 20.7. The Morgan fingerprint density at radius 3 is 2.53 bits per heavy atom. The lowest BCUT2D eigenvalue weighted by atomic mass is 9.37. The van der Waals surface area contributed by atoms with Crippen molar-refractivity contribution in [3.63, 3.8) is 0 Å². The second-order valence-corrected chi connectivity index (χ2v) is 11.0. The number of aromatic nitrogens is 4. The Hall–Kier alpha value is -3.17. The zero-order valence-corrected chi connectivity index (χ0v) is 20.7. The molecule has 7 nitrogen and oxygen atoms in total. The van der Waals surface area contributed by atoms with Crippen LogP contribution >= 0.6 is 0 Å². The zero-order chi connectivity index (χ0) is 25.6. The van der Waals surface area contributed by atoms with Gasteiger partial charge in [0, 0.05) is 17.5 Å². The molecule has 4 aliphatic rings. The van der Waals surface area contributed by atoms with Crippen molar-refractivity contribution in [1.82, 2.24) is 24.5 Å². The molecule has 10 heteroatoms. The maximum atomic E-state index is 13.6. The number of nitrogens with zero attached hydrogens (tertiary/aromatic N) is 5. The molecule has 0 spiro atoms. The van der Waals surface area contributed by atoms with E-state index in [0.717, 1.165) is 42.1 Å². The molecule has 190 valence electrons. The third kappa shape index (κ3) is 3.25. The van der Waals surface area contributed by atoms with Crippen molar-refractivity contribution in [1.29, 1.82) is 0 Å². The summed E-state index contributed by atoms with van der Waals surface area (Å²) in [6.07, 6.45) is -2.48. The number of carbonyl (C=O) groups is 1. The lowest BCUT2D eigenvalue weighted by Gasteiger charge is -2.66. The average Bonchev–Trinajstić information content (AvgIpc) is 3.42. The molecular weight excluding hydrogens is 469 g/mol. The van der Waals surface area contributed by atoms with E-state index in [1.54, 1.807) is 13.0 Å². The molecule has 1 unspecified atom stereocenters. The minimum atomic E-state index is -4.41. The van der Waals surface area contributed by atoms with Crippen molar-refractivity contribution in [2.75, 3.05) is 5.32 Å². The fourth-order valence-corrected chi connectivity index (χ4v) is 6.14. The van der Waals surface area contributed by atoms with Gasteiger partial charge in [-0.3, -0.25) is 9.20 Å². The summed E-state index contributed by atoms with van der Waals surface area (Å²) in [4.78, 5) is 20.2. The number of hydrogen-bond acceptors (Lipinski definition) is 5. The van der Waals surface area contributed by atoms with Gasteiger partial charge in [-0.2, -0.15) is 18.2 Å². The topological polar surface area (TPSA) is 75.4 Å². The van der Waals surface area contributed by atoms with Gasteiger partial charge in [0.1, 0.15) is 11.6 Å². The van der Waals surface area contributed by atoms with Gasteiger partial charge in [0.05, 0.1) is 29.8 Å². The Balaban J connectivity index is 1.37. The van der Waals surface area contributed by atoms with Gasteiger partial charge in [-0.1, -0.05) is 32.9 Å². The van der Waals surface area contributed by atoms with Crippen LogP contribution in [-0.4, -0.2) is 30.4 Å². The standard InChI is InChI=1S/C26H29F3N6O/c1-13(2)22-32-33-24-31-21(30-15(4)16-6-5-7-18(8-16)26(27,28)29)19-11-34(12-20(19)35(22)24)23(36)25-9-17(10-25)14(25)3/h5-8,13-15,17H,9-12H2,1-4H3,(H,30,31,33)/t14-,15?,17?,25?/m0/s1. The summed E-state index contributed by atoms with van der Waals surface area (Å²) in [5.74, 6) is 3.12. The lowest BCUT2D eigenvalue weighted by molar-refractivity contribution is -0.205. The van der Waals surface area contributed by atoms with Gasteiger partial charge in [0.2, 0.25) is 5.91 Å². The Kier molecular flexibility index (Phi) is 4.95. The SMILES string of the molecule is CC(C)c1nnc2nc(NC(C)c3cccc(C(F)(F)F)c3)c3c(n12)CN(C(=O)C12CC(C1)[C@@H]2C)C3. The van der Waals surface area contributed by atoms with E-state index in [0.29, 0.717) is 42.1 Å². The monoisotopic (exact) mass is 498 g/mol. The van der Waals surface area contributed by atoms with Crippen molar-refractivity contribution in [3.8, 4) is 0 Å². The third-order valence-corrected chi connectivity index (χ3v) is 8.60. The number of anilines is 1.